The Hall–Kier alpha value is -8.86. The summed E-state index contributed by atoms with van der Waals surface area (Å²) in [6.07, 6.45) is 0. The molecule has 0 saturated heterocycles. The SMILES string of the molecule is CC1(C)c2ccccc2-c2ccc(-c3cccc(-c4cccc(-c5cccc6c7cc(-n8c9ccccc9c9ccccc98)ccc7n(-c7nc(-c8ccccc8)c8ccccc8n7)c56)c4)c3)cc21. The van der Waals surface area contributed by atoms with Gasteiger partial charge in [0.1, 0.15) is 0 Å². The van der Waals surface area contributed by atoms with Gasteiger partial charge in [0, 0.05) is 49.2 Å². The minimum atomic E-state index is -0.0645. The lowest BCUT2D eigenvalue weighted by atomic mass is 9.81. The summed E-state index contributed by atoms with van der Waals surface area (Å²) in [7, 11) is 0. The van der Waals surface area contributed by atoms with Crippen molar-refractivity contribution >= 4 is 54.5 Å². The summed E-state index contributed by atoms with van der Waals surface area (Å²) in [6.45, 7) is 4.70. The minimum absolute atomic E-state index is 0.0645. The largest absolute Gasteiger partial charge is 0.309 e. The van der Waals surface area contributed by atoms with Crippen molar-refractivity contribution in [1.29, 1.82) is 0 Å². The number of fused-ring (bicyclic) bond motifs is 10. The Morgan fingerprint density at radius 1 is 0.333 bits per heavy atom. The fraction of sp³-hybridized carbons (Fsp3) is 0.0462. The van der Waals surface area contributed by atoms with Gasteiger partial charge in [0.2, 0.25) is 5.95 Å². The molecule has 0 aliphatic heterocycles. The average Bonchev–Trinajstić information content (AvgIpc) is 4.01. The summed E-state index contributed by atoms with van der Waals surface area (Å²) in [5.74, 6) is 0.633. The monoisotopic (exact) mass is 880 g/mol. The second-order valence-corrected chi connectivity index (χ2v) is 19.0. The Morgan fingerprint density at radius 2 is 0.884 bits per heavy atom. The number of nitrogens with zero attached hydrogens (tertiary/aromatic N) is 4. The van der Waals surface area contributed by atoms with Crippen molar-refractivity contribution in [3.8, 4) is 67.4 Å². The number of hydrogen-bond acceptors (Lipinski definition) is 2. The van der Waals surface area contributed by atoms with Crippen molar-refractivity contribution < 1.29 is 0 Å². The molecule has 69 heavy (non-hydrogen) atoms. The van der Waals surface area contributed by atoms with Gasteiger partial charge in [0.05, 0.1) is 33.3 Å². The van der Waals surface area contributed by atoms with Gasteiger partial charge in [-0.3, -0.25) is 4.57 Å². The molecule has 1 aliphatic carbocycles. The second-order valence-electron chi connectivity index (χ2n) is 19.0. The third-order valence-electron chi connectivity index (χ3n) is 14.7. The fourth-order valence-corrected chi connectivity index (χ4v) is 11.4. The first-order valence-electron chi connectivity index (χ1n) is 23.8. The van der Waals surface area contributed by atoms with Crippen LogP contribution < -0.4 is 0 Å². The van der Waals surface area contributed by atoms with Crippen molar-refractivity contribution in [2.24, 2.45) is 0 Å². The lowest BCUT2D eigenvalue weighted by molar-refractivity contribution is 0.660. The zero-order chi connectivity index (χ0) is 45.8. The van der Waals surface area contributed by atoms with E-state index in [1.54, 1.807) is 0 Å². The van der Waals surface area contributed by atoms with E-state index < -0.39 is 0 Å². The number of benzene rings is 10. The Bertz CT molecular complexity index is 4170. The topological polar surface area (TPSA) is 35.6 Å². The Balaban J connectivity index is 0.966. The molecule has 10 aromatic carbocycles. The van der Waals surface area contributed by atoms with E-state index in [-0.39, 0.29) is 5.41 Å². The van der Waals surface area contributed by atoms with Crippen LogP contribution in [0.2, 0.25) is 0 Å². The van der Waals surface area contributed by atoms with Crippen LogP contribution in [0.25, 0.3) is 122 Å². The molecular weight excluding hydrogens is 837 g/mol. The first-order chi connectivity index (χ1) is 34.0. The predicted octanol–water partition coefficient (Wildman–Crippen LogP) is 16.8. The highest BCUT2D eigenvalue weighted by molar-refractivity contribution is 6.15. The van der Waals surface area contributed by atoms with E-state index in [4.69, 9.17) is 9.97 Å². The molecule has 0 N–H and O–H groups in total. The van der Waals surface area contributed by atoms with Gasteiger partial charge >= 0.3 is 0 Å². The van der Waals surface area contributed by atoms with Gasteiger partial charge in [-0.25, -0.2) is 9.97 Å². The molecule has 0 saturated carbocycles. The summed E-state index contributed by atoms with van der Waals surface area (Å²) in [5, 5.41) is 5.77. The molecule has 0 bridgehead atoms. The molecule has 4 heteroatoms. The highest BCUT2D eigenvalue weighted by atomic mass is 15.2. The summed E-state index contributed by atoms with van der Waals surface area (Å²) in [6, 6.07) is 83.8. The van der Waals surface area contributed by atoms with Gasteiger partial charge in [-0.05, 0) is 105 Å². The summed E-state index contributed by atoms with van der Waals surface area (Å²) >= 11 is 0. The Labute approximate surface area is 400 Å². The molecule has 0 atom stereocenters. The molecule has 3 aromatic heterocycles. The maximum absolute atomic E-state index is 5.50. The molecule has 0 radical (unpaired) electrons. The van der Waals surface area contributed by atoms with E-state index in [1.807, 2.05) is 0 Å². The van der Waals surface area contributed by atoms with Crippen molar-refractivity contribution in [3.05, 3.63) is 242 Å². The molecule has 324 valence electrons. The van der Waals surface area contributed by atoms with Crippen LogP contribution in [0.1, 0.15) is 25.0 Å². The molecule has 1 aliphatic rings. The van der Waals surface area contributed by atoms with Crippen molar-refractivity contribution in [1.82, 2.24) is 19.1 Å². The zero-order valence-corrected chi connectivity index (χ0v) is 38.2. The van der Waals surface area contributed by atoms with E-state index in [9.17, 15) is 0 Å². The highest BCUT2D eigenvalue weighted by Crippen LogP contribution is 2.50. The van der Waals surface area contributed by atoms with Crippen LogP contribution in [0.15, 0.2) is 231 Å². The van der Waals surface area contributed by atoms with Gasteiger partial charge in [-0.15, -0.1) is 0 Å². The third-order valence-corrected chi connectivity index (χ3v) is 14.7. The summed E-state index contributed by atoms with van der Waals surface area (Å²) < 4.78 is 4.70. The first kappa shape index (κ1) is 39.3. The summed E-state index contributed by atoms with van der Waals surface area (Å²) in [5.41, 5.74) is 20.8. The standard InChI is InChI=1S/C65H44N4/c1-65(2)56-29-10-6-23-49(56)50-35-33-45(39-57(50)65)43-20-14-19-42(37-43)44-21-15-22-46(38-44)48-27-16-28-53-55-40-47(68-59-31-12-8-24-51(59)52-25-9-13-32-60(52)68)34-36-61(55)69(63(48)53)64-66-58-30-11-7-26-54(58)62(67-64)41-17-4-3-5-18-41/h3-40H,1-2H3. The maximum atomic E-state index is 5.50. The fourth-order valence-electron chi connectivity index (χ4n) is 11.4. The van der Waals surface area contributed by atoms with E-state index in [1.165, 1.54) is 60.8 Å². The first-order valence-corrected chi connectivity index (χ1v) is 23.8. The second kappa shape index (κ2) is 15.1. The average molecular weight is 881 g/mol. The van der Waals surface area contributed by atoms with Crippen LogP contribution in [-0.4, -0.2) is 19.1 Å². The lowest BCUT2D eigenvalue weighted by Crippen LogP contribution is -2.14. The quantitative estimate of drug-likeness (QED) is 0.167. The van der Waals surface area contributed by atoms with E-state index in [0.717, 1.165) is 66.3 Å². The number of aromatic nitrogens is 4. The van der Waals surface area contributed by atoms with Crippen LogP contribution in [-0.2, 0) is 5.41 Å². The normalized spacial score (nSPS) is 12.9. The smallest absolute Gasteiger partial charge is 0.235 e. The molecule has 0 unspecified atom stereocenters. The molecule has 0 spiro atoms. The van der Waals surface area contributed by atoms with Crippen molar-refractivity contribution in [2.45, 2.75) is 19.3 Å². The molecule has 14 rings (SSSR count). The third kappa shape index (κ3) is 6.02. The molecule has 0 fully saturated rings. The lowest BCUT2D eigenvalue weighted by Gasteiger charge is -2.22. The van der Waals surface area contributed by atoms with Crippen molar-refractivity contribution in [3.63, 3.8) is 0 Å². The van der Waals surface area contributed by atoms with Crippen LogP contribution in [0.5, 0.6) is 0 Å². The number of para-hydroxylation sites is 4. The Morgan fingerprint density at radius 3 is 1.65 bits per heavy atom. The van der Waals surface area contributed by atoms with Crippen molar-refractivity contribution in [2.75, 3.05) is 0 Å². The maximum Gasteiger partial charge on any atom is 0.235 e. The van der Waals surface area contributed by atoms with E-state index in [2.05, 4.69) is 254 Å². The van der Waals surface area contributed by atoms with Gasteiger partial charge in [-0.2, -0.15) is 0 Å². The molecular formula is C65H44N4. The number of hydrogen-bond donors (Lipinski definition) is 0. The Kier molecular flexibility index (Phi) is 8.59. The van der Waals surface area contributed by atoms with Crippen LogP contribution in [0.3, 0.4) is 0 Å². The van der Waals surface area contributed by atoms with Gasteiger partial charge in [-0.1, -0.05) is 190 Å². The molecule has 0 amide bonds. The molecule has 4 nitrogen and oxygen atoms in total. The van der Waals surface area contributed by atoms with E-state index >= 15 is 0 Å². The van der Waals surface area contributed by atoms with Gasteiger partial charge in [0.25, 0.3) is 0 Å². The van der Waals surface area contributed by atoms with Gasteiger partial charge in [0.15, 0.2) is 0 Å². The molecule has 3 heterocycles. The zero-order valence-electron chi connectivity index (χ0n) is 38.2. The van der Waals surface area contributed by atoms with Crippen LogP contribution in [0.4, 0.5) is 0 Å². The van der Waals surface area contributed by atoms with Gasteiger partial charge < -0.3 is 4.57 Å². The van der Waals surface area contributed by atoms with E-state index in [0.29, 0.717) is 5.95 Å². The molecule has 13 aromatic rings. The van der Waals surface area contributed by atoms with Crippen LogP contribution in [0, 0.1) is 0 Å². The minimum Gasteiger partial charge on any atom is -0.309 e. The predicted molar refractivity (Wildman–Crippen MR) is 288 cm³/mol. The number of rotatable bonds is 6. The highest BCUT2D eigenvalue weighted by Gasteiger charge is 2.35. The van der Waals surface area contributed by atoms with Crippen LogP contribution >= 0.6 is 0 Å². The summed E-state index contributed by atoms with van der Waals surface area (Å²) in [4.78, 5) is 10.9.